The van der Waals surface area contributed by atoms with Gasteiger partial charge in [0.05, 0.1) is 6.21 Å². The number of hydrogen-bond acceptors (Lipinski definition) is 3. The van der Waals surface area contributed by atoms with E-state index in [4.69, 9.17) is 16.2 Å². The van der Waals surface area contributed by atoms with Gasteiger partial charge in [-0.2, -0.15) is 5.10 Å². The van der Waals surface area contributed by atoms with Crippen molar-refractivity contribution in [2.24, 2.45) is 21.7 Å². The molecule has 0 saturated heterocycles. The maximum atomic E-state index is 5.92. The third-order valence-corrected chi connectivity index (χ3v) is 3.72. The first-order valence-electron chi connectivity index (χ1n) is 8.20. The average Bonchev–Trinajstić information content (AvgIpc) is 2.67. The molecule has 4 N–H and O–H groups in total. The predicted octanol–water partition coefficient (Wildman–Crippen LogP) is 3.54. The molecule has 0 heterocycles. The van der Waals surface area contributed by atoms with E-state index in [0.717, 1.165) is 28.0 Å². The Morgan fingerprint density at radius 1 is 0.885 bits per heavy atom. The number of rotatable bonds is 6. The van der Waals surface area contributed by atoms with Gasteiger partial charge >= 0.3 is 0 Å². The van der Waals surface area contributed by atoms with E-state index in [9.17, 15) is 0 Å². The Morgan fingerprint density at radius 3 is 2.46 bits per heavy atom. The molecule has 5 heteroatoms. The lowest BCUT2D eigenvalue weighted by Crippen LogP contribution is -2.21. The molecule has 3 aromatic carbocycles. The van der Waals surface area contributed by atoms with Crippen LogP contribution < -0.4 is 16.2 Å². The van der Waals surface area contributed by atoms with Crippen LogP contribution in [-0.2, 0) is 6.61 Å². The van der Waals surface area contributed by atoms with Crippen LogP contribution in [0.4, 0.5) is 0 Å². The van der Waals surface area contributed by atoms with Crippen LogP contribution in [0, 0.1) is 0 Å². The summed E-state index contributed by atoms with van der Waals surface area (Å²) in [5, 5.41) is 7.56. The second-order valence-corrected chi connectivity index (χ2v) is 5.66. The molecular weight excluding hydrogens is 324 g/mol. The van der Waals surface area contributed by atoms with E-state index >= 15 is 0 Å². The van der Waals surface area contributed by atoms with E-state index in [2.05, 4.69) is 10.2 Å². The summed E-state index contributed by atoms with van der Waals surface area (Å²) in [6.07, 6.45) is 1.63. The minimum Gasteiger partial charge on any atom is -0.489 e. The fraction of sp³-hybridized carbons (Fsp3) is 0.0476. The smallest absolute Gasteiger partial charge is 0.211 e. The fourth-order valence-electron chi connectivity index (χ4n) is 2.52. The third kappa shape index (κ3) is 4.70. The van der Waals surface area contributed by atoms with E-state index in [-0.39, 0.29) is 5.96 Å². The van der Waals surface area contributed by atoms with Crippen LogP contribution in [-0.4, -0.2) is 12.2 Å². The molecule has 0 spiro atoms. The maximum Gasteiger partial charge on any atom is 0.211 e. The van der Waals surface area contributed by atoms with Crippen LogP contribution in [0.2, 0.25) is 0 Å². The molecular formula is C21H20N4O. The molecule has 3 aromatic rings. The molecule has 130 valence electrons. The first kappa shape index (κ1) is 17.2. The topological polar surface area (TPSA) is 86.0 Å². The number of benzene rings is 3. The highest BCUT2D eigenvalue weighted by Crippen LogP contribution is 2.26. The average molecular weight is 344 g/mol. The Labute approximate surface area is 152 Å². The minimum atomic E-state index is -0.0740. The summed E-state index contributed by atoms with van der Waals surface area (Å²) in [5.74, 6) is 0.734. The summed E-state index contributed by atoms with van der Waals surface area (Å²) in [4.78, 5) is 0. The van der Waals surface area contributed by atoms with Crippen LogP contribution in [0.25, 0.3) is 11.1 Å². The molecule has 0 unspecified atom stereocenters. The predicted molar refractivity (Wildman–Crippen MR) is 106 cm³/mol. The standard InChI is InChI=1S/C21H20N4O/c22-21(23)25-24-14-18-9-4-5-12-20(18)17-10-6-11-19(13-17)26-15-16-7-2-1-3-8-16/h1-14H,15H2,(H4,22,23,25). The molecule has 0 aromatic heterocycles. The monoisotopic (exact) mass is 344 g/mol. The second-order valence-electron chi connectivity index (χ2n) is 5.66. The lowest BCUT2D eigenvalue weighted by molar-refractivity contribution is 0.306. The van der Waals surface area contributed by atoms with Crippen molar-refractivity contribution in [3.8, 4) is 16.9 Å². The van der Waals surface area contributed by atoms with Crippen molar-refractivity contribution in [1.29, 1.82) is 0 Å². The number of guanidine groups is 1. The van der Waals surface area contributed by atoms with E-state index in [1.807, 2.05) is 78.9 Å². The quantitative estimate of drug-likeness (QED) is 0.407. The summed E-state index contributed by atoms with van der Waals surface area (Å²) in [5.41, 5.74) is 14.7. The highest BCUT2D eigenvalue weighted by Gasteiger charge is 2.05. The van der Waals surface area contributed by atoms with Crippen molar-refractivity contribution in [2.75, 3.05) is 0 Å². The summed E-state index contributed by atoms with van der Waals surface area (Å²) in [7, 11) is 0. The van der Waals surface area contributed by atoms with Crippen molar-refractivity contribution in [3.63, 3.8) is 0 Å². The summed E-state index contributed by atoms with van der Waals surface area (Å²) in [6, 6.07) is 25.9. The molecule has 0 radical (unpaired) electrons. The molecule has 0 aliphatic carbocycles. The first-order chi connectivity index (χ1) is 12.7. The van der Waals surface area contributed by atoms with Gasteiger partial charge in [0.2, 0.25) is 5.96 Å². The summed E-state index contributed by atoms with van der Waals surface area (Å²) < 4.78 is 5.92. The van der Waals surface area contributed by atoms with Gasteiger partial charge < -0.3 is 16.2 Å². The number of nitrogens with two attached hydrogens (primary N) is 2. The van der Waals surface area contributed by atoms with Crippen LogP contribution in [0.1, 0.15) is 11.1 Å². The zero-order valence-corrected chi connectivity index (χ0v) is 14.2. The molecule has 3 rings (SSSR count). The Hall–Kier alpha value is -3.60. The van der Waals surface area contributed by atoms with Crippen molar-refractivity contribution in [3.05, 3.63) is 90.0 Å². The third-order valence-electron chi connectivity index (χ3n) is 3.72. The molecule has 0 aliphatic heterocycles. The van der Waals surface area contributed by atoms with Crippen LogP contribution in [0.15, 0.2) is 89.1 Å². The first-order valence-corrected chi connectivity index (χ1v) is 8.20. The van der Waals surface area contributed by atoms with Crippen molar-refractivity contribution < 1.29 is 4.74 Å². The molecule has 0 saturated carbocycles. The molecule has 0 fully saturated rings. The molecule has 0 bridgehead atoms. The fourth-order valence-corrected chi connectivity index (χ4v) is 2.52. The van der Waals surface area contributed by atoms with Crippen LogP contribution in [0.5, 0.6) is 5.75 Å². The molecule has 26 heavy (non-hydrogen) atoms. The van der Waals surface area contributed by atoms with Gasteiger partial charge in [0, 0.05) is 5.56 Å². The lowest BCUT2D eigenvalue weighted by atomic mass is 10.0. The SMILES string of the molecule is NC(N)=NN=Cc1ccccc1-c1cccc(OCc2ccccc2)c1. The number of hydrogen-bond donors (Lipinski definition) is 2. The number of ether oxygens (including phenoxy) is 1. The van der Waals surface area contributed by atoms with Crippen molar-refractivity contribution >= 4 is 12.2 Å². The molecule has 0 atom stereocenters. The zero-order chi connectivity index (χ0) is 18.2. The maximum absolute atomic E-state index is 5.92. The lowest BCUT2D eigenvalue weighted by Gasteiger charge is -2.10. The highest BCUT2D eigenvalue weighted by molar-refractivity contribution is 5.91. The molecule has 0 amide bonds. The van der Waals surface area contributed by atoms with Crippen molar-refractivity contribution in [1.82, 2.24) is 0 Å². The molecule has 0 aliphatic rings. The Morgan fingerprint density at radius 2 is 1.65 bits per heavy atom. The zero-order valence-electron chi connectivity index (χ0n) is 14.2. The largest absolute Gasteiger partial charge is 0.489 e. The van der Waals surface area contributed by atoms with Gasteiger partial charge in [-0.1, -0.05) is 66.7 Å². The minimum absolute atomic E-state index is 0.0740. The van der Waals surface area contributed by atoms with Crippen LogP contribution >= 0.6 is 0 Å². The Bertz CT molecular complexity index is 916. The van der Waals surface area contributed by atoms with Gasteiger partial charge in [0.1, 0.15) is 12.4 Å². The Kier molecular flexibility index (Phi) is 5.62. The van der Waals surface area contributed by atoms with Gasteiger partial charge in [0.25, 0.3) is 0 Å². The van der Waals surface area contributed by atoms with Gasteiger partial charge in [0.15, 0.2) is 0 Å². The van der Waals surface area contributed by atoms with Gasteiger partial charge in [-0.3, -0.25) is 0 Å². The molecule has 5 nitrogen and oxygen atoms in total. The Balaban J connectivity index is 1.82. The van der Waals surface area contributed by atoms with Gasteiger partial charge in [-0.25, -0.2) is 0 Å². The van der Waals surface area contributed by atoms with E-state index in [1.54, 1.807) is 6.21 Å². The van der Waals surface area contributed by atoms with Crippen LogP contribution in [0.3, 0.4) is 0 Å². The number of nitrogens with zero attached hydrogens (tertiary/aromatic N) is 2. The summed E-state index contributed by atoms with van der Waals surface area (Å²) >= 11 is 0. The summed E-state index contributed by atoms with van der Waals surface area (Å²) in [6.45, 7) is 0.526. The highest BCUT2D eigenvalue weighted by atomic mass is 16.5. The van der Waals surface area contributed by atoms with E-state index in [0.29, 0.717) is 6.61 Å². The van der Waals surface area contributed by atoms with E-state index < -0.39 is 0 Å². The van der Waals surface area contributed by atoms with Gasteiger partial charge in [-0.15, -0.1) is 5.10 Å². The second kappa shape index (κ2) is 8.48. The van der Waals surface area contributed by atoms with Crippen molar-refractivity contribution in [2.45, 2.75) is 6.61 Å². The normalized spacial score (nSPS) is 10.6. The van der Waals surface area contributed by atoms with E-state index in [1.165, 1.54) is 0 Å². The van der Waals surface area contributed by atoms with Gasteiger partial charge in [-0.05, 0) is 28.8 Å².